The number of aromatic nitrogens is 2. The molecule has 0 atom stereocenters. The highest BCUT2D eigenvalue weighted by Crippen LogP contribution is 2.23. The van der Waals surface area contributed by atoms with Crippen molar-refractivity contribution in [2.24, 2.45) is 17.8 Å². The Bertz CT molecular complexity index is 488. The molecule has 6 heteroatoms. The summed E-state index contributed by atoms with van der Waals surface area (Å²) in [4.78, 5) is 4.47. The van der Waals surface area contributed by atoms with E-state index >= 15 is 0 Å². The van der Waals surface area contributed by atoms with Gasteiger partial charge in [-0.1, -0.05) is 26.2 Å². The predicted molar refractivity (Wildman–Crippen MR) is 84.5 cm³/mol. The normalized spacial score (nSPS) is 17.0. The van der Waals surface area contributed by atoms with E-state index in [4.69, 9.17) is 10.5 Å². The molecule has 0 aliphatic heterocycles. The quantitative estimate of drug-likeness (QED) is 0.640. The van der Waals surface area contributed by atoms with Crippen LogP contribution in [0.4, 0.5) is 0 Å². The van der Waals surface area contributed by atoms with E-state index in [2.05, 4.69) is 22.3 Å². The SMILES string of the molecule is CCc1nn(C)c(OC)c1CN=C(N)NC1CCCCC1. The Balaban J connectivity index is 2.01. The second-order valence-electron chi connectivity index (χ2n) is 5.59. The smallest absolute Gasteiger partial charge is 0.216 e. The maximum absolute atomic E-state index is 6.01. The summed E-state index contributed by atoms with van der Waals surface area (Å²) in [5.41, 5.74) is 8.05. The minimum atomic E-state index is 0.476. The molecule has 1 heterocycles. The second kappa shape index (κ2) is 7.33. The van der Waals surface area contributed by atoms with Crippen molar-refractivity contribution in [1.82, 2.24) is 15.1 Å². The third-order valence-corrected chi connectivity index (χ3v) is 4.06. The van der Waals surface area contributed by atoms with Gasteiger partial charge in [0.25, 0.3) is 0 Å². The van der Waals surface area contributed by atoms with Crippen LogP contribution in [0, 0.1) is 0 Å². The fraction of sp³-hybridized carbons (Fsp3) is 0.733. The first kappa shape index (κ1) is 15.7. The third-order valence-electron chi connectivity index (χ3n) is 4.06. The Morgan fingerprint density at radius 1 is 1.43 bits per heavy atom. The van der Waals surface area contributed by atoms with Crippen LogP contribution in [0.1, 0.15) is 50.3 Å². The molecule has 3 N–H and O–H groups in total. The van der Waals surface area contributed by atoms with Crippen molar-refractivity contribution in [3.8, 4) is 5.88 Å². The monoisotopic (exact) mass is 293 g/mol. The minimum absolute atomic E-state index is 0.476. The Labute approximate surface area is 126 Å². The van der Waals surface area contributed by atoms with Crippen LogP contribution < -0.4 is 15.8 Å². The van der Waals surface area contributed by atoms with Crippen LogP contribution in [0.2, 0.25) is 0 Å². The number of aliphatic imine (C=N–C) groups is 1. The van der Waals surface area contributed by atoms with E-state index in [-0.39, 0.29) is 0 Å². The number of aryl methyl sites for hydroxylation is 2. The van der Waals surface area contributed by atoms with E-state index < -0.39 is 0 Å². The zero-order valence-corrected chi connectivity index (χ0v) is 13.4. The van der Waals surface area contributed by atoms with Crippen molar-refractivity contribution < 1.29 is 4.74 Å². The predicted octanol–water partition coefficient (Wildman–Crippen LogP) is 1.73. The van der Waals surface area contributed by atoms with E-state index in [1.54, 1.807) is 11.8 Å². The number of nitrogens with one attached hydrogen (secondary N) is 1. The van der Waals surface area contributed by atoms with Gasteiger partial charge in [0, 0.05) is 13.1 Å². The summed E-state index contributed by atoms with van der Waals surface area (Å²) in [6, 6.07) is 0.476. The van der Waals surface area contributed by atoms with Gasteiger partial charge in [-0.05, 0) is 19.3 Å². The fourth-order valence-corrected chi connectivity index (χ4v) is 2.97. The first-order chi connectivity index (χ1) is 10.2. The van der Waals surface area contributed by atoms with Crippen LogP contribution in [-0.4, -0.2) is 28.9 Å². The number of guanidine groups is 1. The van der Waals surface area contributed by atoms with Gasteiger partial charge in [-0.2, -0.15) is 5.10 Å². The van der Waals surface area contributed by atoms with Crippen molar-refractivity contribution in [2.75, 3.05) is 7.11 Å². The zero-order chi connectivity index (χ0) is 15.2. The lowest BCUT2D eigenvalue weighted by Gasteiger charge is -2.23. The van der Waals surface area contributed by atoms with E-state index in [1.807, 2.05) is 7.05 Å². The van der Waals surface area contributed by atoms with Crippen LogP contribution in [0.3, 0.4) is 0 Å². The molecule has 1 saturated carbocycles. The number of hydrogen-bond acceptors (Lipinski definition) is 3. The molecule has 0 saturated heterocycles. The molecular formula is C15H27N5O. The summed E-state index contributed by atoms with van der Waals surface area (Å²) < 4.78 is 7.17. The zero-order valence-electron chi connectivity index (χ0n) is 13.4. The topological polar surface area (TPSA) is 77.5 Å². The number of rotatable bonds is 5. The van der Waals surface area contributed by atoms with Gasteiger partial charge in [-0.15, -0.1) is 0 Å². The molecule has 0 amide bonds. The van der Waals surface area contributed by atoms with Crippen molar-refractivity contribution in [1.29, 1.82) is 0 Å². The molecule has 21 heavy (non-hydrogen) atoms. The summed E-state index contributed by atoms with van der Waals surface area (Å²) in [7, 11) is 3.54. The standard InChI is InChI=1S/C15H27N5O/c1-4-13-12(14(21-3)20(2)19-13)10-17-15(16)18-11-8-6-5-7-9-11/h11H,4-10H2,1-3H3,(H3,16,17,18). The highest BCUT2D eigenvalue weighted by atomic mass is 16.5. The summed E-state index contributed by atoms with van der Waals surface area (Å²) in [5, 5.41) is 7.79. The number of ether oxygens (including phenoxy) is 1. The van der Waals surface area contributed by atoms with Crippen molar-refractivity contribution in [3.05, 3.63) is 11.3 Å². The second-order valence-corrected chi connectivity index (χ2v) is 5.59. The average Bonchev–Trinajstić information content (AvgIpc) is 2.81. The van der Waals surface area contributed by atoms with Gasteiger partial charge in [0.1, 0.15) is 0 Å². The number of methoxy groups -OCH3 is 1. The third kappa shape index (κ3) is 3.89. The summed E-state index contributed by atoms with van der Waals surface area (Å²) in [5.74, 6) is 1.29. The molecule has 1 fully saturated rings. The van der Waals surface area contributed by atoms with E-state index in [1.165, 1.54) is 32.1 Å². The lowest BCUT2D eigenvalue weighted by Crippen LogP contribution is -2.41. The summed E-state index contributed by atoms with van der Waals surface area (Å²) >= 11 is 0. The van der Waals surface area contributed by atoms with Crippen molar-refractivity contribution in [2.45, 2.75) is 58.0 Å². The first-order valence-corrected chi connectivity index (χ1v) is 7.80. The van der Waals surface area contributed by atoms with Gasteiger partial charge >= 0.3 is 0 Å². The molecule has 1 aromatic rings. The van der Waals surface area contributed by atoms with Crippen LogP contribution in [0.25, 0.3) is 0 Å². The van der Waals surface area contributed by atoms with Gasteiger partial charge in [0.05, 0.1) is 24.9 Å². The van der Waals surface area contributed by atoms with Gasteiger partial charge < -0.3 is 15.8 Å². The molecule has 118 valence electrons. The summed E-state index contributed by atoms with van der Waals surface area (Å²) in [6.07, 6.45) is 7.13. The molecular weight excluding hydrogens is 266 g/mol. The molecule has 0 unspecified atom stereocenters. The van der Waals surface area contributed by atoms with Gasteiger partial charge in [0.2, 0.25) is 5.88 Å². The van der Waals surface area contributed by atoms with Crippen LogP contribution in [-0.2, 0) is 20.0 Å². The average molecular weight is 293 g/mol. The highest BCUT2D eigenvalue weighted by molar-refractivity contribution is 5.78. The summed E-state index contributed by atoms with van der Waals surface area (Å²) in [6.45, 7) is 2.59. The molecule has 6 nitrogen and oxygen atoms in total. The lowest BCUT2D eigenvalue weighted by atomic mass is 9.96. The van der Waals surface area contributed by atoms with Crippen LogP contribution in [0.5, 0.6) is 5.88 Å². The largest absolute Gasteiger partial charge is 0.481 e. The first-order valence-electron chi connectivity index (χ1n) is 7.80. The maximum Gasteiger partial charge on any atom is 0.216 e. The Hall–Kier alpha value is -1.72. The van der Waals surface area contributed by atoms with E-state index in [0.29, 0.717) is 18.5 Å². The number of hydrogen-bond donors (Lipinski definition) is 2. The molecule has 1 aliphatic rings. The molecule has 1 aliphatic carbocycles. The van der Waals surface area contributed by atoms with Gasteiger partial charge in [-0.3, -0.25) is 0 Å². The maximum atomic E-state index is 6.01. The van der Waals surface area contributed by atoms with Gasteiger partial charge in [0.15, 0.2) is 5.96 Å². The molecule has 0 aromatic carbocycles. The highest BCUT2D eigenvalue weighted by Gasteiger charge is 2.16. The lowest BCUT2D eigenvalue weighted by molar-refractivity contribution is 0.369. The Morgan fingerprint density at radius 3 is 2.76 bits per heavy atom. The Morgan fingerprint density at radius 2 is 2.14 bits per heavy atom. The van der Waals surface area contributed by atoms with E-state index in [0.717, 1.165) is 23.6 Å². The number of nitrogens with zero attached hydrogens (tertiary/aromatic N) is 3. The Kier molecular flexibility index (Phi) is 5.47. The van der Waals surface area contributed by atoms with E-state index in [9.17, 15) is 0 Å². The van der Waals surface area contributed by atoms with Crippen LogP contribution >= 0.6 is 0 Å². The fourth-order valence-electron chi connectivity index (χ4n) is 2.97. The van der Waals surface area contributed by atoms with Gasteiger partial charge in [-0.25, -0.2) is 9.67 Å². The van der Waals surface area contributed by atoms with Crippen molar-refractivity contribution in [3.63, 3.8) is 0 Å². The molecule has 2 rings (SSSR count). The molecule has 0 spiro atoms. The molecule has 1 aromatic heterocycles. The molecule has 0 bridgehead atoms. The minimum Gasteiger partial charge on any atom is -0.481 e. The number of nitrogens with two attached hydrogens (primary N) is 1. The van der Waals surface area contributed by atoms with Crippen LogP contribution in [0.15, 0.2) is 4.99 Å². The van der Waals surface area contributed by atoms with Crippen molar-refractivity contribution >= 4 is 5.96 Å². The molecule has 0 radical (unpaired) electrons.